The van der Waals surface area contributed by atoms with Crippen molar-refractivity contribution in [2.75, 3.05) is 0 Å². The summed E-state index contributed by atoms with van der Waals surface area (Å²) in [4.78, 5) is 13.7. The van der Waals surface area contributed by atoms with Crippen LogP contribution in [-0.4, -0.2) is 30.7 Å². The first kappa shape index (κ1) is 18.4. The zero-order chi connectivity index (χ0) is 20.5. The number of aryl methyl sites for hydroxylation is 2. The Morgan fingerprint density at radius 1 is 1.21 bits per heavy atom. The summed E-state index contributed by atoms with van der Waals surface area (Å²) in [7, 11) is 1.86. The van der Waals surface area contributed by atoms with Gasteiger partial charge in [-0.05, 0) is 41.8 Å². The van der Waals surface area contributed by atoms with Gasteiger partial charge in [-0.2, -0.15) is 25.4 Å². The molecule has 0 saturated heterocycles. The molecule has 4 aromatic rings. The molecule has 1 unspecified atom stereocenters. The lowest BCUT2D eigenvalue weighted by atomic mass is 9.94. The van der Waals surface area contributed by atoms with Gasteiger partial charge in [0, 0.05) is 12.4 Å². The standard InChI is InChI=1S/C21H19N7O/c1-13-3-4-14(7-16(13)9-22)12-28-25-11-18(26-28)20(21(23)29)15-5-6-19-17(8-15)10-24-27(19)2/h3-8,10-11,20H,12H2,1-2H3,(H2,23,29). The molecular formula is C21H19N7O. The van der Waals surface area contributed by atoms with E-state index in [0.717, 1.165) is 27.6 Å². The van der Waals surface area contributed by atoms with Gasteiger partial charge in [0.1, 0.15) is 5.92 Å². The molecule has 0 saturated carbocycles. The third kappa shape index (κ3) is 3.46. The van der Waals surface area contributed by atoms with Crippen LogP contribution in [0.15, 0.2) is 48.8 Å². The minimum Gasteiger partial charge on any atom is -0.369 e. The van der Waals surface area contributed by atoms with Crippen LogP contribution in [0.2, 0.25) is 0 Å². The summed E-state index contributed by atoms with van der Waals surface area (Å²) >= 11 is 0. The number of amides is 1. The lowest BCUT2D eigenvalue weighted by Gasteiger charge is -2.11. The number of primary amides is 1. The second-order valence-electron chi connectivity index (χ2n) is 6.98. The average molecular weight is 385 g/mol. The number of nitrogens with zero attached hydrogens (tertiary/aromatic N) is 6. The van der Waals surface area contributed by atoms with E-state index in [1.54, 1.807) is 17.1 Å². The molecule has 2 N–H and O–H groups in total. The van der Waals surface area contributed by atoms with Crippen molar-refractivity contribution in [1.82, 2.24) is 24.8 Å². The molecule has 0 aliphatic carbocycles. The highest BCUT2D eigenvalue weighted by molar-refractivity contribution is 5.87. The Hall–Kier alpha value is -3.99. The van der Waals surface area contributed by atoms with E-state index in [1.807, 2.05) is 50.4 Å². The molecule has 0 spiro atoms. The third-order valence-corrected chi connectivity index (χ3v) is 4.98. The highest BCUT2D eigenvalue weighted by Crippen LogP contribution is 2.26. The van der Waals surface area contributed by atoms with Crippen molar-refractivity contribution >= 4 is 16.8 Å². The third-order valence-electron chi connectivity index (χ3n) is 4.98. The summed E-state index contributed by atoms with van der Waals surface area (Å²) in [5, 5.41) is 23.1. The van der Waals surface area contributed by atoms with Crippen LogP contribution in [0.4, 0.5) is 0 Å². The van der Waals surface area contributed by atoms with Gasteiger partial charge in [-0.25, -0.2) is 0 Å². The Balaban J connectivity index is 1.64. The summed E-state index contributed by atoms with van der Waals surface area (Å²) in [5.74, 6) is -1.21. The molecule has 0 fully saturated rings. The maximum Gasteiger partial charge on any atom is 0.231 e. The molecule has 2 heterocycles. The van der Waals surface area contributed by atoms with Gasteiger partial charge in [0.2, 0.25) is 5.91 Å². The molecule has 4 rings (SSSR count). The Bertz CT molecular complexity index is 1260. The van der Waals surface area contributed by atoms with E-state index in [9.17, 15) is 10.1 Å². The van der Waals surface area contributed by atoms with Gasteiger partial charge in [-0.15, -0.1) is 0 Å². The largest absolute Gasteiger partial charge is 0.369 e. The fourth-order valence-corrected chi connectivity index (χ4v) is 3.41. The Morgan fingerprint density at radius 3 is 2.79 bits per heavy atom. The maximum atomic E-state index is 12.2. The predicted molar refractivity (Wildman–Crippen MR) is 107 cm³/mol. The molecule has 0 aliphatic heterocycles. The van der Waals surface area contributed by atoms with Crippen LogP contribution >= 0.6 is 0 Å². The van der Waals surface area contributed by atoms with E-state index >= 15 is 0 Å². The summed E-state index contributed by atoms with van der Waals surface area (Å²) < 4.78 is 1.77. The molecule has 144 valence electrons. The minimum atomic E-state index is -0.707. The monoisotopic (exact) mass is 385 g/mol. The van der Waals surface area contributed by atoms with E-state index in [4.69, 9.17) is 5.73 Å². The Kier molecular flexibility index (Phi) is 4.56. The number of hydrogen-bond acceptors (Lipinski definition) is 5. The van der Waals surface area contributed by atoms with Crippen molar-refractivity contribution in [3.63, 3.8) is 0 Å². The van der Waals surface area contributed by atoms with Gasteiger partial charge in [0.25, 0.3) is 0 Å². The highest BCUT2D eigenvalue weighted by atomic mass is 16.1. The van der Waals surface area contributed by atoms with E-state index < -0.39 is 11.8 Å². The topological polar surface area (TPSA) is 115 Å². The molecular weight excluding hydrogens is 366 g/mol. The van der Waals surface area contributed by atoms with Crippen LogP contribution < -0.4 is 5.73 Å². The van der Waals surface area contributed by atoms with Gasteiger partial charge in [0.05, 0.1) is 41.8 Å². The zero-order valence-electron chi connectivity index (χ0n) is 16.1. The van der Waals surface area contributed by atoms with Gasteiger partial charge in [0.15, 0.2) is 0 Å². The molecule has 8 nitrogen and oxygen atoms in total. The van der Waals surface area contributed by atoms with E-state index in [0.29, 0.717) is 17.8 Å². The van der Waals surface area contributed by atoms with Crippen LogP contribution in [0.1, 0.15) is 33.9 Å². The second-order valence-corrected chi connectivity index (χ2v) is 6.98. The number of nitriles is 1. The number of rotatable bonds is 5. The molecule has 2 aromatic heterocycles. The van der Waals surface area contributed by atoms with E-state index in [1.165, 1.54) is 4.80 Å². The summed E-state index contributed by atoms with van der Waals surface area (Å²) in [6.07, 6.45) is 3.31. The summed E-state index contributed by atoms with van der Waals surface area (Å²) in [6.45, 7) is 2.28. The summed E-state index contributed by atoms with van der Waals surface area (Å²) in [6, 6.07) is 13.5. The zero-order valence-corrected chi connectivity index (χ0v) is 16.1. The first-order valence-corrected chi connectivity index (χ1v) is 9.07. The van der Waals surface area contributed by atoms with Gasteiger partial charge >= 0.3 is 0 Å². The smallest absolute Gasteiger partial charge is 0.231 e. The number of nitrogens with two attached hydrogens (primary N) is 1. The average Bonchev–Trinajstić information content (AvgIpc) is 3.30. The van der Waals surface area contributed by atoms with Gasteiger partial charge in [-0.1, -0.05) is 18.2 Å². The Labute approximate surface area is 167 Å². The van der Waals surface area contributed by atoms with E-state index in [-0.39, 0.29) is 0 Å². The first-order valence-electron chi connectivity index (χ1n) is 9.07. The minimum absolute atomic E-state index is 0.391. The maximum absolute atomic E-state index is 12.2. The molecule has 2 aromatic carbocycles. The molecule has 0 radical (unpaired) electrons. The summed E-state index contributed by atoms with van der Waals surface area (Å²) in [5.41, 5.74) is 10.3. The number of aromatic nitrogens is 5. The number of carbonyl (C=O) groups is 1. The molecule has 8 heteroatoms. The normalized spacial score (nSPS) is 12.0. The molecule has 0 aliphatic rings. The highest BCUT2D eigenvalue weighted by Gasteiger charge is 2.24. The first-order chi connectivity index (χ1) is 14.0. The van der Waals surface area contributed by atoms with Crippen molar-refractivity contribution in [3.05, 3.63) is 76.7 Å². The number of fused-ring (bicyclic) bond motifs is 1. The molecule has 1 atom stereocenters. The van der Waals surface area contributed by atoms with Gasteiger partial charge in [-0.3, -0.25) is 9.48 Å². The molecule has 0 bridgehead atoms. The van der Waals surface area contributed by atoms with E-state index in [2.05, 4.69) is 21.4 Å². The van der Waals surface area contributed by atoms with Crippen LogP contribution in [-0.2, 0) is 18.4 Å². The number of hydrogen-bond donors (Lipinski definition) is 1. The lowest BCUT2D eigenvalue weighted by Crippen LogP contribution is -2.23. The number of benzene rings is 2. The van der Waals surface area contributed by atoms with Crippen LogP contribution in [0.5, 0.6) is 0 Å². The van der Waals surface area contributed by atoms with Crippen LogP contribution in [0, 0.1) is 18.3 Å². The predicted octanol–water partition coefficient (Wildman–Crippen LogP) is 2.01. The number of carbonyl (C=O) groups excluding carboxylic acids is 1. The SMILES string of the molecule is Cc1ccc(Cn2ncc(C(C(N)=O)c3ccc4c(cnn4C)c3)n2)cc1C#N. The van der Waals surface area contributed by atoms with Crippen molar-refractivity contribution in [3.8, 4) is 6.07 Å². The fourth-order valence-electron chi connectivity index (χ4n) is 3.41. The molecule has 1 amide bonds. The van der Waals surface area contributed by atoms with Crippen molar-refractivity contribution in [2.45, 2.75) is 19.4 Å². The fraction of sp³-hybridized carbons (Fsp3) is 0.190. The van der Waals surface area contributed by atoms with Crippen molar-refractivity contribution in [2.24, 2.45) is 12.8 Å². The quantitative estimate of drug-likeness (QED) is 0.564. The van der Waals surface area contributed by atoms with Crippen LogP contribution in [0.25, 0.3) is 10.9 Å². The lowest BCUT2D eigenvalue weighted by molar-refractivity contribution is -0.118. The Morgan fingerprint density at radius 2 is 2.03 bits per heavy atom. The second kappa shape index (κ2) is 7.20. The van der Waals surface area contributed by atoms with Crippen LogP contribution in [0.3, 0.4) is 0 Å². The molecule has 29 heavy (non-hydrogen) atoms. The van der Waals surface area contributed by atoms with Crippen molar-refractivity contribution in [1.29, 1.82) is 5.26 Å². The van der Waals surface area contributed by atoms with Gasteiger partial charge < -0.3 is 5.73 Å². The van der Waals surface area contributed by atoms with Crippen molar-refractivity contribution < 1.29 is 4.79 Å².